The number of fused-ring (bicyclic) bond motifs is 15. The zero-order valence-electron chi connectivity index (χ0n) is 47.4. The second kappa shape index (κ2) is 29.9. The zero-order chi connectivity index (χ0) is 70.2. The number of aliphatic hydroxyl groups excluding tert-OH is 2. The highest BCUT2D eigenvalue weighted by molar-refractivity contribution is 6.32. The van der Waals surface area contributed by atoms with Crippen molar-refractivity contribution in [3.63, 3.8) is 0 Å². The Morgan fingerprint density at radius 2 is 1.13 bits per heavy atom. The number of benzene rings is 5. The number of carboxylic acids is 3. The van der Waals surface area contributed by atoms with Gasteiger partial charge < -0.3 is 98.4 Å². The Hall–Kier alpha value is -10.4. The van der Waals surface area contributed by atoms with Crippen LogP contribution >= 0.6 is 23.2 Å². The number of ether oxygens (including phenoxy) is 2. The number of rotatable bonds is 9. The first-order valence-corrected chi connectivity index (χ1v) is 27.2. The summed E-state index contributed by atoms with van der Waals surface area (Å²) in [5, 5.41) is 110. The largest absolute Gasteiger partial charge is 0.508 e. The van der Waals surface area contributed by atoms with Crippen molar-refractivity contribution in [2.24, 2.45) is 11.6 Å². The van der Waals surface area contributed by atoms with E-state index >= 15 is 4.79 Å². The van der Waals surface area contributed by atoms with Gasteiger partial charge in [0.05, 0.1) is 22.5 Å². The van der Waals surface area contributed by atoms with Crippen molar-refractivity contribution < 1.29 is 130 Å². The molecule has 0 unspecified atom stereocenters. The van der Waals surface area contributed by atoms with Crippen LogP contribution in [0.2, 0.25) is 10.0 Å². The Balaban J connectivity index is 0.000000898. The molecule has 5 aliphatic heterocycles. The minimum Gasteiger partial charge on any atom is -0.508 e. The molecule has 10 rings (SSSR count). The summed E-state index contributed by atoms with van der Waals surface area (Å²) in [4.78, 5) is 131. The molecule has 0 aromatic heterocycles. The number of carbonyl (C=O) groups excluding carboxylic acids is 7. The van der Waals surface area contributed by atoms with Crippen molar-refractivity contribution in [3.8, 4) is 57.1 Å². The lowest BCUT2D eigenvalue weighted by Gasteiger charge is -2.31. The molecule has 7 amide bonds. The molecule has 39 heteroatoms. The third kappa shape index (κ3) is 17.4. The van der Waals surface area contributed by atoms with Crippen LogP contribution in [0.1, 0.15) is 71.0 Å². The van der Waals surface area contributed by atoms with Gasteiger partial charge >= 0.3 is 30.3 Å². The number of carbonyl (C=O) groups is 10. The molecule has 11 bridgehead atoms. The van der Waals surface area contributed by atoms with Gasteiger partial charge in [0.15, 0.2) is 17.5 Å². The second-order valence-corrected chi connectivity index (χ2v) is 20.9. The van der Waals surface area contributed by atoms with Crippen molar-refractivity contribution in [1.82, 2.24) is 42.6 Å². The number of halogens is 8. The Morgan fingerprint density at radius 1 is 0.617 bits per heavy atom. The van der Waals surface area contributed by atoms with Gasteiger partial charge in [-0.1, -0.05) is 41.4 Å². The average Bonchev–Trinajstić information content (AvgIpc) is 0.772. The molecular formula is C55H52Cl2F6N10O21. The van der Waals surface area contributed by atoms with Crippen LogP contribution < -0.4 is 63.7 Å². The lowest BCUT2D eigenvalue weighted by molar-refractivity contribution is -0.193. The lowest BCUT2D eigenvalue weighted by Crippen LogP contribution is -2.59. The molecule has 94 heavy (non-hydrogen) atoms. The molecule has 5 heterocycles. The van der Waals surface area contributed by atoms with Gasteiger partial charge in [0, 0.05) is 29.3 Å². The van der Waals surface area contributed by atoms with Crippen molar-refractivity contribution >= 4 is 82.5 Å². The van der Waals surface area contributed by atoms with Crippen molar-refractivity contribution in [3.05, 3.63) is 117 Å². The van der Waals surface area contributed by atoms with Gasteiger partial charge in [0.25, 0.3) is 0 Å². The summed E-state index contributed by atoms with van der Waals surface area (Å²) in [6, 6.07) is 0.221. The number of primary amides is 1. The first-order valence-electron chi connectivity index (χ1n) is 26.5. The first-order chi connectivity index (χ1) is 43.9. The summed E-state index contributed by atoms with van der Waals surface area (Å²) in [5.74, 6) is -15.3. The van der Waals surface area contributed by atoms with Gasteiger partial charge in [0.2, 0.25) is 47.1 Å². The van der Waals surface area contributed by atoms with Gasteiger partial charge in [-0.05, 0) is 90.3 Å². The number of phenols is 4. The minimum atomic E-state index is -5.08. The van der Waals surface area contributed by atoms with Crippen LogP contribution in [0.3, 0.4) is 0 Å². The van der Waals surface area contributed by atoms with Crippen molar-refractivity contribution in [2.75, 3.05) is 13.6 Å². The lowest BCUT2D eigenvalue weighted by atomic mass is 9.89. The molecule has 504 valence electrons. The average molecular weight is 1370 g/mol. The molecule has 5 aromatic rings. The van der Waals surface area contributed by atoms with Crippen LogP contribution in [0.5, 0.6) is 46.0 Å². The number of aliphatic hydroxyl groups is 2. The standard InChI is InChI=1S/C51H50Cl2N10O17.2C2HF3O2/c1-56-27(8-9-57-55)45(71)62-40-42(68)19-3-6-31(25(52)11-19)79-33-13-21-14-34(44(33)70)80-32-7-4-20(12-26(32)53)43(69)41-50(76)61-39(51(77)78)24-15-22(64)16-30(66)36(24)23-10-18(2-5-29(23)65)37(47(73)63-41)60-48(74)38(21)59-46(72)28(17-35(54)67)58-49(40)75;2*3-2(4,5)1(6)7/h2-7,10-16,27-28,37-43,56-57,64-66,68-70H,8-9,17,55H2,1H3,(H2,54,67)(H,58,75)(H,59,72)(H,60,74)(H,61,76)(H,62,71)(H,63,73)(H,77,78);2*(H,6,7)/t27-,28+,37-,38-,39+,40-,41+,42-,43-;;/m1../s1. The monoisotopic (exact) mass is 1370 g/mol. The molecule has 0 saturated heterocycles. The molecule has 5 aliphatic rings. The maximum atomic E-state index is 15.3. The van der Waals surface area contributed by atoms with Crippen LogP contribution in [-0.2, 0) is 47.9 Å². The van der Waals surface area contributed by atoms with Gasteiger partial charge in [-0.3, -0.25) is 44.8 Å². The number of likely N-dealkylation sites (N-methyl/N-ethyl adjacent to an activating group) is 1. The van der Waals surface area contributed by atoms with Crippen molar-refractivity contribution in [2.45, 2.75) is 79.7 Å². The Kier molecular flexibility index (Phi) is 23.1. The summed E-state index contributed by atoms with van der Waals surface area (Å²) >= 11 is 13.5. The van der Waals surface area contributed by atoms with Gasteiger partial charge in [-0.25, -0.2) is 14.4 Å². The fraction of sp³-hybridized carbons (Fsp3) is 0.273. The maximum Gasteiger partial charge on any atom is 0.490 e. The van der Waals surface area contributed by atoms with Gasteiger partial charge in [-0.2, -0.15) is 26.3 Å². The highest BCUT2D eigenvalue weighted by Crippen LogP contribution is 2.48. The number of aliphatic carboxylic acids is 3. The number of nitrogens with one attached hydrogen (secondary N) is 8. The molecule has 5 aromatic carbocycles. The number of hydrazine groups is 1. The van der Waals surface area contributed by atoms with Crippen LogP contribution in [0.15, 0.2) is 78.9 Å². The molecule has 0 fully saturated rings. The van der Waals surface area contributed by atoms with E-state index in [9.17, 15) is 95.6 Å². The number of alkyl halides is 6. The summed E-state index contributed by atoms with van der Waals surface area (Å²) in [6.07, 6.45) is -15.2. The SMILES string of the molecule is CN[C@H](CCNN)C(=O)N[C@H]1C(=O)N[C@@H](CC(N)=O)C(=O)N[C@H]2C(=O)N[C@H]3C(=O)N[C@H](C(=O)N[C@H](C(=O)O)c4cc(O)cc(O)c4-c4cc3ccc4O)[C@H](O)c3ccc(c(Cl)c3)Oc3cc2cc(c3O)Oc2ccc(cc2Cl)[C@H]1O.O=C(O)C(F)(F)F.O=C(O)C(F)(F)F. The predicted octanol–water partition coefficient (Wildman–Crippen LogP) is 1.47. The Labute approximate surface area is 531 Å². The van der Waals surface area contributed by atoms with Crippen LogP contribution in [0.4, 0.5) is 26.3 Å². The fourth-order valence-corrected chi connectivity index (χ4v) is 9.60. The highest BCUT2D eigenvalue weighted by atomic mass is 35.5. The molecule has 0 spiro atoms. The third-order valence-corrected chi connectivity index (χ3v) is 14.3. The molecule has 0 saturated carbocycles. The van der Waals surface area contributed by atoms with Crippen LogP contribution in [0, 0.1) is 0 Å². The van der Waals surface area contributed by atoms with E-state index in [2.05, 4.69) is 42.6 Å². The molecule has 0 aliphatic carbocycles. The van der Waals surface area contributed by atoms with E-state index in [1.54, 1.807) is 0 Å². The first kappa shape index (κ1) is 72.6. The molecular weight excluding hydrogens is 1320 g/mol. The quantitative estimate of drug-likeness (QED) is 0.0564. The molecule has 9 atom stereocenters. The minimum absolute atomic E-state index is 0.0702. The zero-order valence-corrected chi connectivity index (χ0v) is 48.9. The van der Waals surface area contributed by atoms with Gasteiger partial charge in [-0.15, -0.1) is 0 Å². The van der Waals surface area contributed by atoms with Gasteiger partial charge in [0.1, 0.15) is 71.2 Å². The van der Waals surface area contributed by atoms with E-state index in [0.29, 0.717) is 0 Å². The summed E-state index contributed by atoms with van der Waals surface area (Å²) in [5.41, 5.74) is 5.62. The number of hydrogen-bond acceptors (Lipinski definition) is 21. The second-order valence-electron chi connectivity index (χ2n) is 20.1. The summed E-state index contributed by atoms with van der Waals surface area (Å²) in [6.45, 7) is 0.111. The molecule has 0 radical (unpaired) electrons. The number of carboxylic acid groups (broad SMARTS) is 3. The normalized spacial score (nSPS) is 20.7. The van der Waals surface area contributed by atoms with E-state index in [0.717, 1.165) is 60.7 Å². The number of amides is 7. The maximum absolute atomic E-state index is 15.3. The van der Waals surface area contributed by atoms with E-state index in [-0.39, 0.29) is 56.8 Å². The molecule has 21 N–H and O–H groups in total. The third-order valence-electron chi connectivity index (χ3n) is 13.7. The van der Waals surface area contributed by atoms with Crippen molar-refractivity contribution in [1.29, 1.82) is 0 Å². The predicted molar refractivity (Wildman–Crippen MR) is 305 cm³/mol. The number of aromatic hydroxyl groups is 4. The van der Waals surface area contributed by atoms with E-state index in [4.69, 9.17) is 64.1 Å². The number of nitrogens with two attached hydrogens (primary N) is 2. The Bertz CT molecular complexity index is 3810. The number of hydrogen-bond donors (Lipinski definition) is 19. The number of phenolic OH excluding ortho intramolecular Hbond substituents is 4. The van der Waals surface area contributed by atoms with E-state index in [1.807, 2.05) is 0 Å². The van der Waals surface area contributed by atoms with E-state index in [1.165, 1.54) is 25.2 Å². The van der Waals surface area contributed by atoms with E-state index < -0.39 is 184 Å². The fourth-order valence-electron chi connectivity index (χ4n) is 9.15. The topological polar surface area (TPSA) is 520 Å². The highest BCUT2D eigenvalue weighted by Gasteiger charge is 2.43. The van der Waals surface area contributed by atoms with Crippen LogP contribution in [-0.4, -0.2) is 155 Å². The molecule has 31 nitrogen and oxygen atoms in total. The summed E-state index contributed by atoms with van der Waals surface area (Å²) in [7, 11) is 1.44. The van der Waals surface area contributed by atoms with Crippen LogP contribution in [0.25, 0.3) is 11.1 Å². The smallest absolute Gasteiger partial charge is 0.490 e. The Morgan fingerprint density at radius 3 is 1.63 bits per heavy atom. The summed E-state index contributed by atoms with van der Waals surface area (Å²) < 4.78 is 75.7.